The third kappa shape index (κ3) is 9.49. The van der Waals surface area contributed by atoms with E-state index in [9.17, 15) is 0 Å². The zero-order chi connectivity index (χ0) is 11.4. The Bertz CT molecular complexity index is 163. The van der Waals surface area contributed by atoms with Crippen molar-refractivity contribution in [1.29, 1.82) is 0 Å². The van der Waals surface area contributed by atoms with Gasteiger partial charge in [-0.05, 0) is 12.8 Å². The molecule has 0 saturated heterocycles. The summed E-state index contributed by atoms with van der Waals surface area (Å²) in [7, 11) is 5.28. The van der Waals surface area contributed by atoms with E-state index in [1.54, 1.807) is 14.2 Å². The molecule has 0 rings (SSSR count). The molecule has 0 aliphatic rings. The molecule has 0 aliphatic heterocycles. The molecule has 5 heteroatoms. The standard InChI is InChI=1S/C10H23N3O2/c1-11-10(12-2)13-6-4-5-7-15-9-8-14-3/h4-9H2,1-3H3,(H2,11,12,13). The normalized spacial score (nSPS) is 11.5. The maximum atomic E-state index is 5.34. The molecule has 0 bridgehead atoms. The second-order valence-electron chi connectivity index (χ2n) is 3.06. The average molecular weight is 217 g/mol. The number of nitrogens with zero attached hydrogens (tertiary/aromatic N) is 1. The van der Waals surface area contributed by atoms with Gasteiger partial charge in [0.1, 0.15) is 0 Å². The maximum absolute atomic E-state index is 5.34. The molecule has 0 atom stereocenters. The van der Waals surface area contributed by atoms with Crippen LogP contribution in [0.3, 0.4) is 0 Å². The van der Waals surface area contributed by atoms with Crippen LogP contribution in [0.15, 0.2) is 4.99 Å². The van der Waals surface area contributed by atoms with Crippen LogP contribution in [0.25, 0.3) is 0 Å². The van der Waals surface area contributed by atoms with Crippen LogP contribution in [0.5, 0.6) is 0 Å². The van der Waals surface area contributed by atoms with Gasteiger partial charge in [-0.1, -0.05) is 0 Å². The molecule has 0 aromatic rings. The molecule has 0 aliphatic carbocycles. The smallest absolute Gasteiger partial charge is 0.190 e. The lowest BCUT2D eigenvalue weighted by molar-refractivity contribution is 0.0689. The monoisotopic (exact) mass is 217 g/mol. The number of hydrogen-bond acceptors (Lipinski definition) is 3. The van der Waals surface area contributed by atoms with Crippen molar-refractivity contribution in [2.24, 2.45) is 4.99 Å². The molecule has 90 valence electrons. The number of guanidine groups is 1. The van der Waals surface area contributed by atoms with Gasteiger partial charge >= 0.3 is 0 Å². The van der Waals surface area contributed by atoms with Gasteiger partial charge in [0, 0.05) is 34.4 Å². The number of aliphatic imine (C=N–C) groups is 1. The van der Waals surface area contributed by atoms with E-state index in [1.807, 2.05) is 7.05 Å². The van der Waals surface area contributed by atoms with Gasteiger partial charge in [-0.25, -0.2) is 0 Å². The lowest BCUT2D eigenvalue weighted by atomic mass is 10.3. The van der Waals surface area contributed by atoms with Crippen LogP contribution in [-0.2, 0) is 9.47 Å². The van der Waals surface area contributed by atoms with E-state index >= 15 is 0 Å². The van der Waals surface area contributed by atoms with E-state index in [0.717, 1.165) is 32.0 Å². The maximum Gasteiger partial charge on any atom is 0.190 e. The van der Waals surface area contributed by atoms with Crippen molar-refractivity contribution in [3.8, 4) is 0 Å². The van der Waals surface area contributed by atoms with Crippen LogP contribution in [0.1, 0.15) is 12.8 Å². The Hall–Kier alpha value is -0.810. The van der Waals surface area contributed by atoms with Gasteiger partial charge in [-0.15, -0.1) is 0 Å². The second-order valence-corrected chi connectivity index (χ2v) is 3.06. The van der Waals surface area contributed by atoms with E-state index < -0.39 is 0 Å². The summed E-state index contributed by atoms with van der Waals surface area (Å²) in [6, 6.07) is 0. The number of ether oxygens (including phenoxy) is 2. The molecule has 0 heterocycles. The Labute approximate surface area is 92.2 Å². The fraction of sp³-hybridized carbons (Fsp3) is 0.900. The quantitative estimate of drug-likeness (QED) is 0.347. The highest BCUT2D eigenvalue weighted by Crippen LogP contribution is 1.88. The van der Waals surface area contributed by atoms with Gasteiger partial charge < -0.3 is 20.1 Å². The summed E-state index contributed by atoms with van der Waals surface area (Å²) in [6.07, 6.45) is 2.13. The fourth-order valence-electron chi connectivity index (χ4n) is 1.06. The van der Waals surface area contributed by atoms with Crippen LogP contribution in [0, 0.1) is 0 Å². The van der Waals surface area contributed by atoms with Gasteiger partial charge in [0.2, 0.25) is 0 Å². The first-order chi connectivity index (χ1) is 7.35. The van der Waals surface area contributed by atoms with Crippen molar-refractivity contribution < 1.29 is 9.47 Å². The molecule has 0 unspecified atom stereocenters. The van der Waals surface area contributed by atoms with E-state index in [1.165, 1.54) is 0 Å². The minimum Gasteiger partial charge on any atom is -0.382 e. The third-order valence-electron chi connectivity index (χ3n) is 1.90. The predicted molar refractivity (Wildman–Crippen MR) is 62.4 cm³/mol. The van der Waals surface area contributed by atoms with Crippen molar-refractivity contribution in [3.63, 3.8) is 0 Å². The molecule has 0 amide bonds. The van der Waals surface area contributed by atoms with Gasteiger partial charge in [-0.3, -0.25) is 4.99 Å². The van der Waals surface area contributed by atoms with Crippen molar-refractivity contribution in [1.82, 2.24) is 10.6 Å². The zero-order valence-corrected chi connectivity index (χ0v) is 10.0. The molecule has 0 aromatic carbocycles. The molecule has 0 fully saturated rings. The fourth-order valence-corrected chi connectivity index (χ4v) is 1.06. The first-order valence-electron chi connectivity index (χ1n) is 5.30. The minimum absolute atomic E-state index is 0.671. The summed E-state index contributed by atoms with van der Waals surface area (Å²) >= 11 is 0. The highest BCUT2D eigenvalue weighted by atomic mass is 16.5. The summed E-state index contributed by atoms with van der Waals surface area (Å²) in [4.78, 5) is 4.01. The molecule has 0 spiro atoms. The summed E-state index contributed by atoms with van der Waals surface area (Å²) in [5.74, 6) is 0.829. The predicted octanol–water partition coefficient (Wildman–Crippen LogP) is 0.224. The minimum atomic E-state index is 0.671. The summed E-state index contributed by atoms with van der Waals surface area (Å²) in [6.45, 7) is 3.07. The number of unbranched alkanes of at least 4 members (excludes halogenated alkanes) is 1. The van der Waals surface area contributed by atoms with Gasteiger partial charge in [-0.2, -0.15) is 0 Å². The zero-order valence-electron chi connectivity index (χ0n) is 10.0. The Balaban J connectivity index is 3.11. The Morgan fingerprint density at radius 1 is 1.20 bits per heavy atom. The Morgan fingerprint density at radius 2 is 2.00 bits per heavy atom. The number of hydrogen-bond donors (Lipinski definition) is 2. The summed E-state index contributed by atoms with van der Waals surface area (Å²) in [5.41, 5.74) is 0. The largest absolute Gasteiger partial charge is 0.382 e. The van der Waals surface area contributed by atoms with Crippen LogP contribution >= 0.6 is 0 Å². The lowest BCUT2D eigenvalue weighted by Gasteiger charge is -2.08. The third-order valence-corrected chi connectivity index (χ3v) is 1.90. The SMILES string of the molecule is CN=C(NC)NCCCCOCCOC. The van der Waals surface area contributed by atoms with Crippen LogP contribution in [0.4, 0.5) is 0 Å². The van der Waals surface area contributed by atoms with Crippen LogP contribution < -0.4 is 10.6 Å². The molecule has 2 N–H and O–H groups in total. The van der Waals surface area contributed by atoms with E-state index in [4.69, 9.17) is 9.47 Å². The molecular weight excluding hydrogens is 194 g/mol. The van der Waals surface area contributed by atoms with Crippen LogP contribution in [0.2, 0.25) is 0 Å². The second kappa shape index (κ2) is 11.3. The van der Waals surface area contributed by atoms with Crippen molar-refractivity contribution >= 4 is 5.96 Å². The molecule has 0 saturated carbocycles. The van der Waals surface area contributed by atoms with Crippen molar-refractivity contribution in [2.45, 2.75) is 12.8 Å². The van der Waals surface area contributed by atoms with E-state index in [2.05, 4.69) is 15.6 Å². The molecule has 0 radical (unpaired) electrons. The lowest BCUT2D eigenvalue weighted by Crippen LogP contribution is -2.35. The topological polar surface area (TPSA) is 54.9 Å². The summed E-state index contributed by atoms with van der Waals surface area (Å²) in [5, 5.41) is 6.14. The average Bonchev–Trinajstić information content (AvgIpc) is 2.27. The molecule has 15 heavy (non-hydrogen) atoms. The number of rotatable bonds is 8. The van der Waals surface area contributed by atoms with E-state index in [0.29, 0.717) is 13.2 Å². The Kier molecular flexibility index (Phi) is 10.7. The van der Waals surface area contributed by atoms with Gasteiger partial charge in [0.25, 0.3) is 0 Å². The first kappa shape index (κ1) is 14.2. The molecule has 0 aromatic heterocycles. The van der Waals surface area contributed by atoms with Crippen LogP contribution in [-0.4, -0.2) is 53.5 Å². The van der Waals surface area contributed by atoms with Crippen molar-refractivity contribution in [2.75, 3.05) is 47.6 Å². The molecule has 5 nitrogen and oxygen atoms in total. The molecular formula is C10H23N3O2. The summed E-state index contributed by atoms with van der Waals surface area (Å²) < 4.78 is 10.2. The van der Waals surface area contributed by atoms with Crippen molar-refractivity contribution in [3.05, 3.63) is 0 Å². The highest BCUT2D eigenvalue weighted by Gasteiger charge is 1.93. The Morgan fingerprint density at radius 3 is 2.60 bits per heavy atom. The van der Waals surface area contributed by atoms with E-state index in [-0.39, 0.29) is 0 Å². The first-order valence-corrected chi connectivity index (χ1v) is 5.30. The van der Waals surface area contributed by atoms with Gasteiger partial charge in [0.05, 0.1) is 13.2 Å². The number of nitrogens with one attached hydrogen (secondary N) is 2. The van der Waals surface area contributed by atoms with Gasteiger partial charge in [0.15, 0.2) is 5.96 Å². The highest BCUT2D eigenvalue weighted by molar-refractivity contribution is 5.79. The number of methoxy groups -OCH3 is 1.